The van der Waals surface area contributed by atoms with Gasteiger partial charge in [-0.1, -0.05) is 19.3 Å². The minimum atomic E-state index is 0.00985. The third-order valence-corrected chi connectivity index (χ3v) is 4.50. The summed E-state index contributed by atoms with van der Waals surface area (Å²) in [6, 6.07) is 2.94. The zero-order chi connectivity index (χ0) is 13.5. The van der Waals surface area contributed by atoms with Crippen molar-refractivity contribution in [3.8, 4) is 6.07 Å². The zero-order valence-corrected chi connectivity index (χ0v) is 11.7. The molecular weight excluding hydrogens is 238 g/mol. The van der Waals surface area contributed by atoms with Gasteiger partial charge in [-0.05, 0) is 44.4 Å². The van der Waals surface area contributed by atoms with Gasteiger partial charge in [0.15, 0.2) is 0 Å². The molecule has 2 aliphatic rings. The molecule has 2 rings (SSSR count). The van der Waals surface area contributed by atoms with Crippen LogP contribution in [0, 0.1) is 17.2 Å². The van der Waals surface area contributed by atoms with Gasteiger partial charge in [0, 0.05) is 18.5 Å². The van der Waals surface area contributed by atoms with Gasteiger partial charge < -0.3 is 10.6 Å². The number of nitrogens with zero attached hydrogens (tertiary/aromatic N) is 1. The van der Waals surface area contributed by atoms with Crippen molar-refractivity contribution in [1.29, 1.82) is 5.26 Å². The molecule has 106 valence electrons. The van der Waals surface area contributed by atoms with Crippen LogP contribution >= 0.6 is 0 Å². The molecule has 2 amide bonds. The lowest BCUT2D eigenvalue weighted by molar-refractivity contribution is 0.220. The van der Waals surface area contributed by atoms with Crippen LogP contribution in [0.5, 0.6) is 0 Å². The van der Waals surface area contributed by atoms with E-state index < -0.39 is 0 Å². The normalized spacial score (nSPS) is 28.4. The monoisotopic (exact) mass is 263 g/mol. The van der Waals surface area contributed by atoms with Crippen LogP contribution in [0.25, 0.3) is 0 Å². The molecule has 2 N–H and O–H groups in total. The second-order valence-corrected chi connectivity index (χ2v) is 6.03. The van der Waals surface area contributed by atoms with E-state index in [1.54, 1.807) is 0 Å². The lowest BCUT2D eigenvalue weighted by atomic mass is 9.84. The molecule has 0 atom stereocenters. The van der Waals surface area contributed by atoms with Crippen molar-refractivity contribution in [3.63, 3.8) is 0 Å². The maximum atomic E-state index is 11.9. The molecule has 0 spiro atoms. The Balaban J connectivity index is 1.64. The van der Waals surface area contributed by atoms with Crippen molar-refractivity contribution in [2.45, 2.75) is 76.3 Å². The third kappa shape index (κ3) is 4.74. The van der Waals surface area contributed by atoms with E-state index in [1.807, 2.05) is 0 Å². The molecule has 2 fully saturated rings. The van der Waals surface area contributed by atoms with Gasteiger partial charge in [-0.15, -0.1) is 0 Å². The predicted molar refractivity (Wildman–Crippen MR) is 74.5 cm³/mol. The fourth-order valence-corrected chi connectivity index (χ4v) is 3.30. The number of amides is 2. The number of carbonyl (C=O) groups is 1. The Kier molecular flexibility index (Phi) is 5.50. The molecule has 0 saturated heterocycles. The molecule has 0 aliphatic heterocycles. The molecule has 4 nitrogen and oxygen atoms in total. The summed E-state index contributed by atoms with van der Waals surface area (Å²) in [6.07, 6.45) is 10.9. The van der Waals surface area contributed by atoms with Crippen molar-refractivity contribution >= 4 is 6.03 Å². The number of nitrogens with one attached hydrogen (secondary N) is 2. The van der Waals surface area contributed by atoms with E-state index in [9.17, 15) is 4.79 Å². The van der Waals surface area contributed by atoms with E-state index in [4.69, 9.17) is 5.26 Å². The molecule has 0 radical (unpaired) electrons. The minimum absolute atomic E-state index is 0.00985. The summed E-state index contributed by atoms with van der Waals surface area (Å²) in [7, 11) is 0. The van der Waals surface area contributed by atoms with Crippen molar-refractivity contribution < 1.29 is 4.79 Å². The van der Waals surface area contributed by atoms with E-state index >= 15 is 0 Å². The average molecular weight is 263 g/mol. The summed E-state index contributed by atoms with van der Waals surface area (Å²) in [4.78, 5) is 11.9. The Labute approximate surface area is 115 Å². The van der Waals surface area contributed by atoms with Crippen molar-refractivity contribution in [3.05, 3.63) is 0 Å². The van der Waals surface area contributed by atoms with Gasteiger partial charge in [0.05, 0.1) is 6.07 Å². The second-order valence-electron chi connectivity index (χ2n) is 6.03. The summed E-state index contributed by atoms with van der Waals surface area (Å²) in [6.45, 7) is 0. The highest BCUT2D eigenvalue weighted by Gasteiger charge is 2.23. The van der Waals surface area contributed by atoms with Gasteiger partial charge in [-0.25, -0.2) is 4.79 Å². The summed E-state index contributed by atoms with van der Waals surface area (Å²) in [5.41, 5.74) is 0. The molecule has 0 unspecified atom stereocenters. The van der Waals surface area contributed by atoms with E-state index in [0.717, 1.165) is 38.5 Å². The van der Waals surface area contributed by atoms with Crippen LogP contribution in [-0.2, 0) is 0 Å². The molecule has 4 heteroatoms. The van der Waals surface area contributed by atoms with E-state index in [2.05, 4.69) is 16.7 Å². The Morgan fingerprint density at radius 2 is 1.53 bits per heavy atom. The van der Waals surface area contributed by atoms with Crippen LogP contribution in [0.15, 0.2) is 0 Å². The molecule has 0 heterocycles. The van der Waals surface area contributed by atoms with Crippen molar-refractivity contribution in [1.82, 2.24) is 10.6 Å². The summed E-state index contributed by atoms with van der Waals surface area (Å²) < 4.78 is 0. The highest BCUT2D eigenvalue weighted by molar-refractivity contribution is 5.74. The van der Waals surface area contributed by atoms with Crippen LogP contribution < -0.4 is 10.6 Å². The summed E-state index contributed by atoms with van der Waals surface area (Å²) in [5.74, 6) is 0.546. The Hall–Kier alpha value is -1.24. The van der Waals surface area contributed by atoms with Crippen LogP contribution in [0.2, 0.25) is 0 Å². The molecular formula is C15H25N3O. The Morgan fingerprint density at radius 3 is 2.11 bits per heavy atom. The molecule has 19 heavy (non-hydrogen) atoms. The molecule has 2 aliphatic carbocycles. The van der Waals surface area contributed by atoms with Gasteiger partial charge in [-0.2, -0.15) is 5.26 Å². The first-order chi connectivity index (χ1) is 9.28. The van der Waals surface area contributed by atoms with Crippen LogP contribution in [-0.4, -0.2) is 18.1 Å². The maximum absolute atomic E-state index is 11.9. The lowest BCUT2D eigenvalue weighted by Crippen LogP contribution is -2.47. The smallest absolute Gasteiger partial charge is 0.315 e. The first kappa shape index (κ1) is 14.2. The van der Waals surface area contributed by atoms with Gasteiger partial charge >= 0.3 is 6.03 Å². The molecule has 0 aromatic heterocycles. The molecule has 0 aromatic carbocycles. The average Bonchev–Trinajstić information content (AvgIpc) is 2.42. The fraction of sp³-hybridized carbons (Fsp3) is 0.867. The van der Waals surface area contributed by atoms with Crippen molar-refractivity contribution in [2.24, 2.45) is 5.92 Å². The first-order valence-corrected chi connectivity index (χ1v) is 7.72. The van der Waals surface area contributed by atoms with Crippen LogP contribution in [0.3, 0.4) is 0 Å². The van der Waals surface area contributed by atoms with Crippen LogP contribution in [0.4, 0.5) is 4.79 Å². The number of hydrogen-bond acceptors (Lipinski definition) is 2. The fourth-order valence-electron chi connectivity index (χ4n) is 3.30. The minimum Gasteiger partial charge on any atom is -0.335 e. The quantitative estimate of drug-likeness (QED) is 0.821. The Morgan fingerprint density at radius 1 is 0.947 bits per heavy atom. The maximum Gasteiger partial charge on any atom is 0.315 e. The predicted octanol–water partition coefficient (Wildman–Crippen LogP) is 3.09. The molecule has 0 bridgehead atoms. The van der Waals surface area contributed by atoms with Crippen LogP contribution in [0.1, 0.15) is 64.2 Å². The zero-order valence-electron chi connectivity index (χ0n) is 11.7. The van der Waals surface area contributed by atoms with Gasteiger partial charge in [0.1, 0.15) is 0 Å². The Bertz CT molecular complexity index is 323. The highest BCUT2D eigenvalue weighted by atomic mass is 16.2. The SMILES string of the molecule is N#CCC1CCC(NC(=O)NC2CCCCC2)CC1. The van der Waals surface area contributed by atoms with Gasteiger partial charge in [0.25, 0.3) is 0 Å². The summed E-state index contributed by atoms with van der Waals surface area (Å²) >= 11 is 0. The lowest BCUT2D eigenvalue weighted by Gasteiger charge is -2.29. The first-order valence-electron chi connectivity index (χ1n) is 7.72. The summed E-state index contributed by atoms with van der Waals surface area (Å²) in [5, 5.41) is 14.9. The van der Waals surface area contributed by atoms with Crippen molar-refractivity contribution in [2.75, 3.05) is 0 Å². The van der Waals surface area contributed by atoms with Gasteiger partial charge in [-0.3, -0.25) is 0 Å². The largest absolute Gasteiger partial charge is 0.335 e. The van der Waals surface area contributed by atoms with E-state index in [1.165, 1.54) is 19.3 Å². The molecule has 0 aromatic rings. The number of carbonyl (C=O) groups excluding carboxylic acids is 1. The number of hydrogen-bond donors (Lipinski definition) is 2. The van der Waals surface area contributed by atoms with E-state index in [-0.39, 0.29) is 6.03 Å². The highest BCUT2D eigenvalue weighted by Crippen LogP contribution is 2.26. The molecule has 2 saturated carbocycles. The van der Waals surface area contributed by atoms with E-state index in [0.29, 0.717) is 24.4 Å². The number of urea groups is 1. The second kappa shape index (κ2) is 7.37. The number of nitriles is 1. The van der Waals surface area contributed by atoms with Gasteiger partial charge in [0.2, 0.25) is 0 Å². The number of rotatable bonds is 3. The topological polar surface area (TPSA) is 64.9 Å². The third-order valence-electron chi connectivity index (χ3n) is 4.50. The standard InChI is InChI=1S/C15H25N3O/c16-11-10-12-6-8-14(9-7-12)18-15(19)17-13-4-2-1-3-5-13/h12-14H,1-10H2,(H2,17,18,19).